The van der Waals surface area contributed by atoms with Crippen molar-refractivity contribution in [2.75, 3.05) is 19.8 Å². The predicted octanol–water partition coefficient (Wildman–Crippen LogP) is 2.26. The van der Waals surface area contributed by atoms with E-state index in [2.05, 4.69) is 10.4 Å². The molecule has 0 fully saturated rings. The molecule has 3 N–H and O–H groups in total. The first-order valence-electron chi connectivity index (χ1n) is 9.96. The van der Waals surface area contributed by atoms with Crippen molar-refractivity contribution in [1.29, 1.82) is 0 Å². The first-order chi connectivity index (χ1) is 14.4. The van der Waals surface area contributed by atoms with Gasteiger partial charge in [-0.25, -0.2) is 14.3 Å². The second-order valence-electron chi connectivity index (χ2n) is 6.83. The highest BCUT2D eigenvalue weighted by Gasteiger charge is 2.35. The molecule has 0 aliphatic rings. The van der Waals surface area contributed by atoms with Crippen molar-refractivity contribution in [1.82, 2.24) is 15.1 Å². The van der Waals surface area contributed by atoms with E-state index in [0.717, 1.165) is 17.7 Å². The molecule has 0 radical (unpaired) electrons. The van der Waals surface area contributed by atoms with Gasteiger partial charge in [0.2, 0.25) is 0 Å². The number of unbranched alkanes of at least 4 members (excludes halogenated alkanes) is 1. The molecule has 3 atom stereocenters. The summed E-state index contributed by atoms with van der Waals surface area (Å²) in [6.07, 6.45) is 1.94. The quantitative estimate of drug-likeness (QED) is 0.399. The van der Waals surface area contributed by atoms with Gasteiger partial charge in [-0.2, -0.15) is 5.10 Å². The molecule has 1 aromatic carbocycles. The number of nitrogens with one attached hydrogen (secondary N) is 1. The number of ether oxygens (including phenoxy) is 2. The van der Waals surface area contributed by atoms with E-state index in [1.165, 1.54) is 0 Å². The fourth-order valence-corrected chi connectivity index (χ4v) is 2.85. The second kappa shape index (κ2) is 12.1. The molecule has 0 saturated carbocycles. The Bertz CT molecular complexity index is 779. The van der Waals surface area contributed by atoms with Crippen LogP contribution in [0.1, 0.15) is 38.3 Å². The summed E-state index contributed by atoms with van der Waals surface area (Å²) in [4.78, 5) is 22.8. The largest absolute Gasteiger partial charge is 0.479 e. The second-order valence-corrected chi connectivity index (χ2v) is 6.83. The first kappa shape index (κ1) is 23.5. The fraction of sp³-hybridized carbons (Fsp3) is 0.476. The van der Waals surface area contributed by atoms with Gasteiger partial charge >= 0.3 is 11.9 Å². The number of rotatable bonds is 14. The zero-order valence-electron chi connectivity index (χ0n) is 17.2. The number of carboxylic acid groups (broad SMARTS) is 2. The number of carbonyl (C=O) groups is 2. The lowest BCUT2D eigenvalue weighted by Crippen LogP contribution is -2.44. The number of aromatic nitrogens is 2. The van der Waals surface area contributed by atoms with Crippen LogP contribution in [-0.4, -0.2) is 63.9 Å². The van der Waals surface area contributed by atoms with Crippen molar-refractivity contribution in [2.24, 2.45) is 0 Å². The smallest absolute Gasteiger partial charge is 0.336 e. The van der Waals surface area contributed by atoms with Gasteiger partial charge < -0.3 is 25.0 Å². The molecule has 0 aliphatic heterocycles. The molecule has 2 aromatic rings. The van der Waals surface area contributed by atoms with Crippen molar-refractivity contribution in [3.63, 3.8) is 0 Å². The third-order valence-corrected chi connectivity index (χ3v) is 4.57. The number of aliphatic carboxylic acids is 2. The van der Waals surface area contributed by atoms with E-state index in [1.807, 2.05) is 50.4 Å². The zero-order valence-corrected chi connectivity index (χ0v) is 17.2. The molecule has 0 spiro atoms. The number of hydrogen-bond acceptors (Lipinski definition) is 6. The van der Waals surface area contributed by atoms with Crippen molar-refractivity contribution >= 4 is 11.9 Å². The van der Waals surface area contributed by atoms with Crippen LogP contribution < -0.4 is 5.32 Å². The lowest BCUT2D eigenvalue weighted by atomic mass is 10.1. The molecule has 9 heteroatoms. The van der Waals surface area contributed by atoms with Crippen LogP contribution in [-0.2, 0) is 19.1 Å². The third-order valence-electron chi connectivity index (χ3n) is 4.57. The standard InChI is InChI=1S/C21H29N3O6/c1-3-4-13-29-18(20(25)26)19(21(27)28)30-14-11-22-15(2)16-6-8-17(9-7-16)24-12-5-10-23-24/h5-10,12,15,18-19,22H,3-4,11,13-14H2,1-2H3,(H,25,26)(H,27,28)/t15-,18-,19-/m1/s1. The van der Waals surface area contributed by atoms with E-state index < -0.39 is 24.1 Å². The van der Waals surface area contributed by atoms with Gasteiger partial charge in [-0.1, -0.05) is 25.5 Å². The van der Waals surface area contributed by atoms with Crippen LogP contribution in [0.4, 0.5) is 0 Å². The highest BCUT2D eigenvalue weighted by Crippen LogP contribution is 2.15. The molecule has 0 unspecified atom stereocenters. The normalized spacial score (nSPS) is 14.2. The Morgan fingerprint density at radius 3 is 2.27 bits per heavy atom. The van der Waals surface area contributed by atoms with Gasteiger partial charge in [0.15, 0.2) is 12.2 Å². The summed E-state index contributed by atoms with van der Waals surface area (Å²) < 4.78 is 12.3. The molecule has 9 nitrogen and oxygen atoms in total. The highest BCUT2D eigenvalue weighted by molar-refractivity contribution is 5.83. The van der Waals surface area contributed by atoms with E-state index in [4.69, 9.17) is 9.47 Å². The van der Waals surface area contributed by atoms with Crippen LogP contribution in [0.15, 0.2) is 42.7 Å². The molecule has 0 bridgehead atoms. The minimum atomic E-state index is -1.56. The molecule has 1 aromatic heterocycles. The summed E-state index contributed by atoms with van der Waals surface area (Å²) in [6, 6.07) is 9.74. The van der Waals surface area contributed by atoms with E-state index in [-0.39, 0.29) is 19.3 Å². The average molecular weight is 419 g/mol. The summed E-state index contributed by atoms with van der Waals surface area (Å²) in [5.41, 5.74) is 2.00. The van der Waals surface area contributed by atoms with E-state index in [1.54, 1.807) is 10.9 Å². The molecule has 2 rings (SSSR count). The third kappa shape index (κ3) is 6.94. The van der Waals surface area contributed by atoms with E-state index in [0.29, 0.717) is 13.0 Å². The maximum atomic E-state index is 11.5. The first-order valence-corrected chi connectivity index (χ1v) is 9.96. The number of hydrogen-bond donors (Lipinski definition) is 3. The van der Waals surface area contributed by atoms with Gasteiger partial charge in [0.25, 0.3) is 0 Å². The van der Waals surface area contributed by atoms with Crippen LogP contribution in [0.2, 0.25) is 0 Å². The Kier molecular flexibility index (Phi) is 9.46. The van der Waals surface area contributed by atoms with Crippen molar-refractivity contribution < 1.29 is 29.3 Å². The van der Waals surface area contributed by atoms with Crippen molar-refractivity contribution in [3.05, 3.63) is 48.3 Å². The molecular formula is C21H29N3O6. The average Bonchev–Trinajstić information content (AvgIpc) is 3.26. The van der Waals surface area contributed by atoms with Crippen LogP contribution in [0, 0.1) is 0 Å². The summed E-state index contributed by atoms with van der Waals surface area (Å²) >= 11 is 0. The van der Waals surface area contributed by atoms with Crippen molar-refractivity contribution in [3.8, 4) is 5.69 Å². The summed E-state index contributed by atoms with van der Waals surface area (Å²) in [6.45, 7) is 4.47. The van der Waals surface area contributed by atoms with Gasteiger partial charge in [-0.05, 0) is 37.1 Å². The number of nitrogens with zero attached hydrogens (tertiary/aromatic N) is 2. The molecular weight excluding hydrogens is 390 g/mol. The van der Waals surface area contributed by atoms with E-state index >= 15 is 0 Å². The van der Waals surface area contributed by atoms with Crippen LogP contribution in [0.5, 0.6) is 0 Å². The molecule has 1 heterocycles. The lowest BCUT2D eigenvalue weighted by molar-refractivity contribution is -0.176. The summed E-state index contributed by atoms with van der Waals surface area (Å²) in [7, 11) is 0. The van der Waals surface area contributed by atoms with Gasteiger partial charge in [0, 0.05) is 31.6 Å². The lowest BCUT2D eigenvalue weighted by Gasteiger charge is -2.22. The Labute approximate surface area is 175 Å². The zero-order chi connectivity index (χ0) is 21.9. The highest BCUT2D eigenvalue weighted by atomic mass is 16.6. The molecule has 30 heavy (non-hydrogen) atoms. The molecule has 0 amide bonds. The van der Waals surface area contributed by atoms with Crippen LogP contribution in [0.3, 0.4) is 0 Å². The van der Waals surface area contributed by atoms with Gasteiger partial charge in [0.05, 0.1) is 12.3 Å². The fourth-order valence-electron chi connectivity index (χ4n) is 2.85. The Hall–Kier alpha value is -2.75. The predicted molar refractivity (Wildman–Crippen MR) is 110 cm³/mol. The van der Waals surface area contributed by atoms with E-state index in [9.17, 15) is 19.8 Å². The van der Waals surface area contributed by atoms with Crippen LogP contribution in [0.25, 0.3) is 5.69 Å². The minimum Gasteiger partial charge on any atom is -0.479 e. The summed E-state index contributed by atoms with van der Waals surface area (Å²) in [5, 5.41) is 26.1. The summed E-state index contributed by atoms with van der Waals surface area (Å²) in [5.74, 6) is -2.71. The Balaban J connectivity index is 1.83. The van der Waals surface area contributed by atoms with Crippen molar-refractivity contribution in [2.45, 2.75) is 44.9 Å². The minimum absolute atomic E-state index is 0.000348. The SMILES string of the molecule is CCCCO[C@@H](C(=O)O)[C@@H](OCCN[C@H](C)c1ccc(-n2cccn2)cc1)C(=O)O. The maximum Gasteiger partial charge on any atom is 0.336 e. The number of benzene rings is 1. The van der Waals surface area contributed by atoms with Gasteiger partial charge in [-0.15, -0.1) is 0 Å². The monoisotopic (exact) mass is 419 g/mol. The Morgan fingerprint density at radius 2 is 1.73 bits per heavy atom. The molecule has 164 valence electrons. The van der Waals surface area contributed by atoms with Crippen LogP contribution >= 0.6 is 0 Å². The maximum absolute atomic E-state index is 11.5. The number of carboxylic acids is 2. The van der Waals surface area contributed by atoms with Gasteiger partial charge in [-0.3, -0.25) is 0 Å². The molecule has 0 saturated heterocycles. The molecule has 0 aliphatic carbocycles. The Morgan fingerprint density at radius 1 is 1.10 bits per heavy atom. The topological polar surface area (TPSA) is 123 Å². The van der Waals surface area contributed by atoms with Gasteiger partial charge in [0.1, 0.15) is 0 Å².